The minimum Gasteiger partial charge on any atom is -0.338 e. The van der Waals surface area contributed by atoms with E-state index < -0.39 is 17.6 Å². The van der Waals surface area contributed by atoms with Crippen molar-refractivity contribution >= 4 is 28.3 Å². The first-order valence-corrected chi connectivity index (χ1v) is 11.7. The molecule has 180 valence electrons. The van der Waals surface area contributed by atoms with Gasteiger partial charge < -0.3 is 10.2 Å². The van der Waals surface area contributed by atoms with Crippen LogP contribution in [0.15, 0.2) is 48.5 Å². The number of halogens is 3. The van der Waals surface area contributed by atoms with Crippen LogP contribution in [0.5, 0.6) is 0 Å². The number of aryl methyl sites for hydroxylation is 1. The quantitative estimate of drug-likeness (QED) is 0.411. The maximum absolute atomic E-state index is 13.0. The number of aromatic nitrogens is 2. The van der Waals surface area contributed by atoms with Crippen LogP contribution in [0.3, 0.4) is 0 Å². The number of anilines is 1. The van der Waals surface area contributed by atoms with E-state index in [1.54, 1.807) is 0 Å². The summed E-state index contributed by atoms with van der Waals surface area (Å²) in [5.74, 6) is -0.894. The third-order valence-electron chi connectivity index (χ3n) is 5.08. The molecule has 2 aromatic carbocycles. The van der Waals surface area contributed by atoms with Gasteiger partial charge in [0.05, 0.1) is 5.56 Å². The molecule has 3 aromatic rings. The second kappa shape index (κ2) is 11.2. The maximum Gasteiger partial charge on any atom is 0.416 e. The number of nitrogens with one attached hydrogen (secondary N) is 1. The number of amides is 2. The highest BCUT2D eigenvalue weighted by Gasteiger charge is 2.31. The van der Waals surface area contributed by atoms with E-state index in [2.05, 4.69) is 15.5 Å². The lowest BCUT2D eigenvalue weighted by Gasteiger charge is -2.23. The number of unbranched alkanes of at least 4 members (excludes halogenated alkanes) is 1. The number of nitrogens with zero attached hydrogens (tertiary/aromatic N) is 3. The van der Waals surface area contributed by atoms with Crippen molar-refractivity contribution in [2.45, 2.75) is 39.3 Å². The average Bonchev–Trinajstić information content (AvgIpc) is 3.27. The fraction of sp³-hybridized carbons (Fsp3) is 0.333. The van der Waals surface area contributed by atoms with E-state index >= 15 is 0 Å². The van der Waals surface area contributed by atoms with E-state index in [-0.39, 0.29) is 24.4 Å². The van der Waals surface area contributed by atoms with Crippen molar-refractivity contribution in [1.29, 1.82) is 0 Å². The third kappa shape index (κ3) is 6.86. The van der Waals surface area contributed by atoms with Crippen molar-refractivity contribution < 1.29 is 22.8 Å². The van der Waals surface area contributed by atoms with Gasteiger partial charge in [0.2, 0.25) is 11.0 Å². The van der Waals surface area contributed by atoms with Gasteiger partial charge in [-0.15, -0.1) is 10.2 Å². The second-order valence-electron chi connectivity index (χ2n) is 7.80. The van der Waals surface area contributed by atoms with E-state index in [9.17, 15) is 22.8 Å². The smallest absolute Gasteiger partial charge is 0.338 e. The molecule has 0 fully saturated rings. The number of carbonyl (C=O) groups excluding carboxylic acids is 2. The van der Waals surface area contributed by atoms with Gasteiger partial charge >= 0.3 is 6.18 Å². The Morgan fingerprint density at radius 2 is 1.79 bits per heavy atom. The van der Waals surface area contributed by atoms with Gasteiger partial charge in [0.1, 0.15) is 5.01 Å². The van der Waals surface area contributed by atoms with Crippen LogP contribution in [0.2, 0.25) is 0 Å². The fourth-order valence-corrected chi connectivity index (χ4v) is 3.95. The molecule has 1 aromatic heterocycles. The Hall–Kier alpha value is -3.27. The Morgan fingerprint density at radius 3 is 2.47 bits per heavy atom. The maximum atomic E-state index is 13.0. The Bertz CT molecular complexity index is 1130. The predicted molar refractivity (Wildman–Crippen MR) is 126 cm³/mol. The molecule has 0 aliphatic heterocycles. The molecule has 3 rings (SSSR count). The molecule has 0 unspecified atom stereocenters. The summed E-state index contributed by atoms with van der Waals surface area (Å²) in [5, 5.41) is 11.8. The summed E-state index contributed by atoms with van der Waals surface area (Å²) < 4.78 is 39.1. The number of hydrogen-bond donors (Lipinski definition) is 1. The van der Waals surface area contributed by atoms with Gasteiger partial charge in [0.15, 0.2) is 0 Å². The van der Waals surface area contributed by atoms with Gasteiger partial charge in [-0.3, -0.25) is 9.59 Å². The zero-order valence-corrected chi connectivity index (χ0v) is 19.7. The van der Waals surface area contributed by atoms with Gasteiger partial charge in [0, 0.05) is 30.6 Å². The van der Waals surface area contributed by atoms with Crippen LogP contribution in [0.25, 0.3) is 10.6 Å². The first kappa shape index (κ1) is 25.4. The summed E-state index contributed by atoms with van der Waals surface area (Å²) in [4.78, 5) is 26.8. The van der Waals surface area contributed by atoms with Crippen LogP contribution in [0.1, 0.15) is 47.7 Å². The van der Waals surface area contributed by atoms with Crippen LogP contribution in [-0.4, -0.2) is 40.0 Å². The molecule has 0 bridgehead atoms. The van der Waals surface area contributed by atoms with E-state index in [0.29, 0.717) is 23.1 Å². The largest absolute Gasteiger partial charge is 0.416 e. The Kier molecular flexibility index (Phi) is 8.38. The molecule has 0 saturated carbocycles. The molecular formula is C24H25F3N4O2S. The Labute approximate surface area is 199 Å². The van der Waals surface area contributed by atoms with Crippen molar-refractivity contribution in [3.63, 3.8) is 0 Å². The number of alkyl halides is 3. The molecule has 2 amide bonds. The molecule has 1 heterocycles. The number of benzene rings is 2. The summed E-state index contributed by atoms with van der Waals surface area (Å²) in [6.07, 6.45) is -3.09. The van der Waals surface area contributed by atoms with E-state index in [0.717, 1.165) is 29.7 Å². The highest BCUT2D eigenvalue weighted by molar-refractivity contribution is 7.18. The van der Waals surface area contributed by atoms with E-state index in [1.807, 2.05) is 38.1 Å². The first-order valence-electron chi connectivity index (χ1n) is 10.8. The average molecular weight is 491 g/mol. The first-order chi connectivity index (χ1) is 16.2. The van der Waals surface area contributed by atoms with Crippen molar-refractivity contribution in [3.8, 4) is 10.6 Å². The number of hydrogen-bond acceptors (Lipinski definition) is 5. The minimum atomic E-state index is -4.54. The lowest BCUT2D eigenvalue weighted by molar-refractivity contribution is -0.137. The molecule has 1 N–H and O–H groups in total. The lowest BCUT2D eigenvalue weighted by atomic mass is 10.1. The molecule has 0 radical (unpaired) electrons. The van der Waals surface area contributed by atoms with Gasteiger partial charge in [-0.1, -0.05) is 60.6 Å². The normalized spacial score (nSPS) is 11.3. The van der Waals surface area contributed by atoms with Crippen LogP contribution in [-0.2, 0) is 11.0 Å². The summed E-state index contributed by atoms with van der Waals surface area (Å²) in [5.41, 5.74) is 1.07. The van der Waals surface area contributed by atoms with Crippen molar-refractivity contribution in [1.82, 2.24) is 15.1 Å². The number of carbonyl (C=O) groups is 2. The van der Waals surface area contributed by atoms with Crippen LogP contribution in [0.4, 0.5) is 18.3 Å². The number of rotatable bonds is 9. The third-order valence-corrected chi connectivity index (χ3v) is 5.97. The van der Waals surface area contributed by atoms with Crippen LogP contribution < -0.4 is 5.32 Å². The predicted octanol–water partition coefficient (Wildman–Crippen LogP) is 5.80. The lowest BCUT2D eigenvalue weighted by Crippen LogP contribution is -2.34. The Morgan fingerprint density at radius 1 is 1.06 bits per heavy atom. The zero-order valence-electron chi connectivity index (χ0n) is 18.9. The summed E-state index contributed by atoms with van der Waals surface area (Å²) >= 11 is 1.23. The van der Waals surface area contributed by atoms with Crippen LogP contribution in [0, 0.1) is 6.92 Å². The van der Waals surface area contributed by atoms with Gasteiger partial charge in [-0.05, 0) is 31.5 Å². The molecule has 10 heteroatoms. The van der Waals surface area contributed by atoms with Crippen LogP contribution >= 0.6 is 11.3 Å². The van der Waals surface area contributed by atoms with Gasteiger partial charge in [0.25, 0.3) is 5.91 Å². The topological polar surface area (TPSA) is 75.2 Å². The summed E-state index contributed by atoms with van der Waals surface area (Å²) in [6.45, 7) is 4.34. The van der Waals surface area contributed by atoms with Crippen molar-refractivity contribution in [2.75, 3.05) is 18.4 Å². The molecule has 0 spiro atoms. The second-order valence-corrected chi connectivity index (χ2v) is 8.78. The monoisotopic (exact) mass is 490 g/mol. The fourth-order valence-electron chi connectivity index (χ4n) is 3.18. The van der Waals surface area contributed by atoms with E-state index in [1.165, 1.54) is 28.4 Å². The van der Waals surface area contributed by atoms with Crippen molar-refractivity contribution in [3.05, 3.63) is 65.2 Å². The molecule has 0 aliphatic carbocycles. The molecule has 34 heavy (non-hydrogen) atoms. The zero-order chi connectivity index (χ0) is 24.7. The highest BCUT2D eigenvalue weighted by atomic mass is 32.1. The molecular weight excluding hydrogens is 465 g/mol. The van der Waals surface area contributed by atoms with Gasteiger partial charge in [-0.2, -0.15) is 13.2 Å². The molecule has 0 saturated heterocycles. The Balaban J connectivity index is 1.63. The minimum absolute atomic E-state index is 0.0200. The van der Waals surface area contributed by atoms with Gasteiger partial charge in [-0.25, -0.2) is 0 Å². The highest BCUT2D eigenvalue weighted by Crippen LogP contribution is 2.30. The summed E-state index contributed by atoms with van der Waals surface area (Å²) in [7, 11) is 0. The van der Waals surface area contributed by atoms with E-state index in [4.69, 9.17) is 0 Å². The molecule has 0 atom stereocenters. The molecule has 0 aliphatic rings. The molecule has 6 nitrogen and oxygen atoms in total. The standard InChI is InChI=1S/C24H25F3N4O2S/c1-3-4-13-31(22(33)18-6-5-7-19(15-18)24(25,26)27)14-12-20(32)28-23-30-29-21(34-23)17-10-8-16(2)9-11-17/h5-11,15H,3-4,12-14H2,1-2H3,(H,28,30,32). The van der Waals surface area contributed by atoms with Crippen molar-refractivity contribution in [2.24, 2.45) is 0 Å². The summed E-state index contributed by atoms with van der Waals surface area (Å²) in [6, 6.07) is 12.1. The SMILES string of the molecule is CCCCN(CCC(=O)Nc1nnc(-c2ccc(C)cc2)s1)C(=O)c1cccc(C(F)(F)F)c1.